The van der Waals surface area contributed by atoms with Gasteiger partial charge in [0.15, 0.2) is 0 Å². The molecule has 0 aliphatic heterocycles. The number of amides is 1. The molecule has 0 saturated heterocycles. The van der Waals surface area contributed by atoms with Crippen LogP contribution in [0, 0.1) is 6.92 Å². The number of hydrogen-bond acceptors (Lipinski definition) is 1. The Labute approximate surface area is 112 Å². The van der Waals surface area contributed by atoms with Crippen LogP contribution in [0.2, 0.25) is 0 Å². The van der Waals surface area contributed by atoms with Gasteiger partial charge in [0, 0.05) is 18.4 Å². The molecule has 0 spiro atoms. The Morgan fingerprint density at radius 2 is 2.12 bits per heavy atom. The van der Waals surface area contributed by atoms with E-state index in [0.29, 0.717) is 6.42 Å². The van der Waals surface area contributed by atoms with Crippen LogP contribution in [-0.2, 0) is 11.2 Å². The molecule has 94 valence electrons. The number of aryl methyl sites for hydroxylation is 1. The van der Waals surface area contributed by atoms with Gasteiger partial charge in [0.05, 0.1) is 6.42 Å². The van der Waals surface area contributed by atoms with Gasteiger partial charge in [0.2, 0.25) is 5.91 Å². The Morgan fingerprint density at radius 1 is 1.35 bits per heavy atom. The summed E-state index contributed by atoms with van der Waals surface area (Å²) in [6.07, 6.45) is 1.52. The minimum absolute atomic E-state index is 0.219. The average Bonchev–Trinajstić information content (AvgIpc) is 2.28. The molecule has 0 atom stereocenters. The van der Waals surface area contributed by atoms with Gasteiger partial charge in [0.1, 0.15) is 0 Å². The molecular formula is C14H20BrNO. The van der Waals surface area contributed by atoms with Gasteiger partial charge in [-0.15, -0.1) is 0 Å². The van der Waals surface area contributed by atoms with Gasteiger partial charge < -0.3 is 4.90 Å². The second kappa shape index (κ2) is 7.49. The average molecular weight is 298 g/mol. The zero-order chi connectivity index (χ0) is 12.7. The second-order valence-electron chi connectivity index (χ2n) is 4.24. The number of halogens is 1. The predicted octanol–water partition coefficient (Wildman–Crippen LogP) is 3.17. The SMILES string of the molecule is CCCN(CCBr)C(=O)Cc1cccc(C)c1. The van der Waals surface area contributed by atoms with Gasteiger partial charge in [0.25, 0.3) is 0 Å². The molecule has 17 heavy (non-hydrogen) atoms. The Kier molecular flexibility index (Phi) is 6.27. The molecule has 2 nitrogen and oxygen atoms in total. The zero-order valence-corrected chi connectivity index (χ0v) is 12.2. The summed E-state index contributed by atoms with van der Waals surface area (Å²) in [7, 11) is 0. The molecule has 0 heterocycles. The fourth-order valence-electron chi connectivity index (χ4n) is 1.84. The Morgan fingerprint density at radius 3 is 2.71 bits per heavy atom. The monoisotopic (exact) mass is 297 g/mol. The number of carbonyl (C=O) groups is 1. The molecule has 0 aromatic heterocycles. The largest absolute Gasteiger partial charge is 0.342 e. The van der Waals surface area contributed by atoms with E-state index in [4.69, 9.17) is 0 Å². The molecule has 0 bridgehead atoms. The molecular weight excluding hydrogens is 278 g/mol. The van der Waals surface area contributed by atoms with Gasteiger partial charge in [-0.3, -0.25) is 4.79 Å². The molecule has 0 aliphatic rings. The van der Waals surface area contributed by atoms with Crippen molar-refractivity contribution < 1.29 is 4.79 Å². The van der Waals surface area contributed by atoms with Crippen molar-refractivity contribution in [3.8, 4) is 0 Å². The highest BCUT2D eigenvalue weighted by molar-refractivity contribution is 9.09. The third-order valence-corrected chi connectivity index (χ3v) is 2.99. The highest BCUT2D eigenvalue weighted by Crippen LogP contribution is 2.07. The van der Waals surface area contributed by atoms with Crippen LogP contribution in [0.1, 0.15) is 24.5 Å². The van der Waals surface area contributed by atoms with E-state index in [-0.39, 0.29) is 5.91 Å². The predicted molar refractivity (Wildman–Crippen MR) is 75.5 cm³/mol. The first-order valence-corrected chi connectivity index (χ1v) is 7.18. The molecule has 1 aromatic rings. The highest BCUT2D eigenvalue weighted by atomic mass is 79.9. The molecule has 1 rings (SSSR count). The standard InChI is InChI=1S/C14H20BrNO/c1-3-8-16(9-7-15)14(17)11-13-6-4-5-12(2)10-13/h4-6,10H,3,7-9,11H2,1-2H3. The summed E-state index contributed by atoms with van der Waals surface area (Å²) in [5.74, 6) is 0.219. The molecule has 0 unspecified atom stereocenters. The van der Waals surface area contributed by atoms with Crippen LogP contribution in [0.25, 0.3) is 0 Å². The Hall–Kier alpha value is -0.830. The van der Waals surface area contributed by atoms with Crippen molar-refractivity contribution in [2.75, 3.05) is 18.4 Å². The number of alkyl halides is 1. The summed E-state index contributed by atoms with van der Waals surface area (Å²) >= 11 is 3.39. The van der Waals surface area contributed by atoms with Crippen LogP contribution in [0.3, 0.4) is 0 Å². The minimum atomic E-state index is 0.219. The third kappa shape index (κ3) is 4.90. The summed E-state index contributed by atoms with van der Waals surface area (Å²) in [6.45, 7) is 5.78. The summed E-state index contributed by atoms with van der Waals surface area (Å²) in [6, 6.07) is 8.15. The van der Waals surface area contributed by atoms with E-state index in [2.05, 4.69) is 41.9 Å². The number of hydrogen-bond donors (Lipinski definition) is 0. The molecule has 3 heteroatoms. The highest BCUT2D eigenvalue weighted by Gasteiger charge is 2.12. The van der Waals surface area contributed by atoms with E-state index in [9.17, 15) is 4.79 Å². The van der Waals surface area contributed by atoms with Crippen molar-refractivity contribution in [2.24, 2.45) is 0 Å². The lowest BCUT2D eigenvalue weighted by atomic mass is 10.1. The fraction of sp³-hybridized carbons (Fsp3) is 0.500. The van der Waals surface area contributed by atoms with Gasteiger partial charge in [-0.05, 0) is 18.9 Å². The summed E-state index contributed by atoms with van der Waals surface area (Å²) < 4.78 is 0. The van der Waals surface area contributed by atoms with E-state index in [1.165, 1.54) is 5.56 Å². The summed E-state index contributed by atoms with van der Waals surface area (Å²) in [5, 5.41) is 0.840. The molecule has 0 fully saturated rings. The molecule has 1 aromatic carbocycles. The van der Waals surface area contributed by atoms with Gasteiger partial charge in [-0.2, -0.15) is 0 Å². The first-order valence-electron chi connectivity index (χ1n) is 6.06. The maximum atomic E-state index is 12.1. The molecule has 0 radical (unpaired) electrons. The summed E-state index contributed by atoms with van der Waals surface area (Å²) in [5.41, 5.74) is 2.31. The van der Waals surface area contributed by atoms with Crippen molar-refractivity contribution in [1.82, 2.24) is 4.90 Å². The van der Waals surface area contributed by atoms with Crippen molar-refractivity contribution in [2.45, 2.75) is 26.7 Å². The van der Waals surface area contributed by atoms with Crippen LogP contribution >= 0.6 is 15.9 Å². The smallest absolute Gasteiger partial charge is 0.227 e. The van der Waals surface area contributed by atoms with Gasteiger partial charge >= 0.3 is 0 Å². The van der Waals surface area contributed by atoms with Crippen LogP contribution < -0.4 is 0 Å². The Balaban J connectivity index is 2.62. The maximum Gasteiger partial charge on any atom is 0.227 e. The van der Waals surface area contributed by atoms with E-state index in [0.717, 1.165) is 30.4 Å². The Bertz CT molecular complexity index is 359. The van der Waals surface area contributed by atoms with E-state index < -0.39 is 0 Å². The first-order chi connectivity index (χ1) is 8.17. The normalized spacial score (nSPS) is 10.3. The topological polar surface area (TPSA) is 20.3 Å². The van der Waals surface area contributed by atoms with Crippen LogP contribution in [-0.4, -0.2) is 29.2 Å². The number of benzene rings is 1. The fourth-order valence-corrected chi connectivity index (χ4v) is 2.27. The first kappa shape index (κ1) is 14.2. The summed E-state index contributed by atoms with van der Waals surface area (Å²) in [4.78, 5) is 14.0. The van der Waals surface area contributed by atoms with E-state index in [1.54, 1.807) is 0 Å². The number of rotatable bonds is 6. The van der Waals surface area contributed by atoms with Crippen LogP contribution in [0.4, 0.5) is 0 Å². The lowest BCUT2D eigenvalue weighted by Gasteiger charge is -2.21. The molecule has 0 aliphatic carbocycles. The maximum absolute atomic E-state index is 12.1. The van der Waals surface area contributed by atoms with Crippen molar-refractivity contribution in [3.63, 3.8) is 0 Å². The molecule has 0 saturated carbocycles. The second-order valence-corrected chi connectivity index (χ2v) is 5.03. The zero-order valence-electron chi connectivity index (χ0n) is 10.6. The number of carbonyl (C=O) groups excluding carboxylic acids is 1. The third-order valence-electron chi connectivity index (χ3n) is 2.64. The van der Waals surface area contributed by atoms with Crippen molar-refractivity contribution in [1.29, 1.82) is 0 Å². The molecule has 0 N–H and O–H groups in total. The lowest BCUT2D eigenvalue weighted by molar-refractivity contribution is -0.130. The quantitative estimate of drug-likeness (QED) is 0.739. The van der Waals surface area contributed by atoms with E-state index >= 15 is 0 Å². The lowest BCUT2D eigenvalue weighted by Crippen LogP contribution is -2.34. The van der Waals surface area contributed by atoms with Crippen molar-refractivity contribution in [3.05, 3.63) is 35.4 Å². The van der Waals surface area contributed by atoms with Crippen LogP contribution in [0.15, 0.2) is 24.3 Å². The minimum Gasteiger partial charge on any atom is -0.342 e. The van der Waals surface area contributed by atoms with Crippen LogP contribution in [0.5, 0.6) is 0 Å². The van der Waals surface area contributed by atoms with Crippen molar-refractivity contribution >= 4 is 21.8 Å². The van der Waals surface area contributed by atoms with E-state index in [1.807, 2.05) is 17.0 Å². The van der Waals surface area contributed by atoms with Gasteiger partial charge in [-0.1, -0.05) is 52.7 Å². The van der Waals surface area contributed by atoms with Gasteiger partial charge in [-0.25, -0.2) is 0 Å². The molecule has 1 amide bonds. The number of nitrogens with zero attached hydrogens (tertiary/aromatic N) is 1.